The summed E-state index contributed by atoms with van der Waals surface area (Å²) in [6, 6.07) is 0. The Morgan fingerprint density at radius 2 is 1.90 bits per heavy atom. The van der Waals surface area contributed by atoms with Gasteiger partial charge in [-0.3, -0.25) is 0 Å². The lowest BCUT2D eigenvalue weighted by Crippen LogP contribution is -2.03. The molecule has 1 N–H and O–H groups in total. The van der Waals surface area contributed by atoms with Gasteiger partial charge in [0.1, 0.15) is 6.61 Å². The fourth-order valence-corrected chi connectivity index (χ4v) is 0.0713. The van der Waals surface area contributed by atoms with Gasteiger partial charge in [0.15, 0.2) is 0 Å². The predicted molar refractivity (Wildman–Crippen MR) is 39.0 cm³/mol. The molecule has 0 saturated carbocycles. The van der Waals surface area contributed by atoms with Gasteiger partial charge >= 0.3 is 5.97 Å². The van der Waals surface area contributed by atoms with Gasteiger partial charge in [-0.2, -0.15) is 0 Å². The summed E-state index contributed by atoms with van der Waals surface area (Å²) in [5.74, 6) is -1.06. The Balaban J connectivity index is 0. The molecule has 58 valence electrons. The summed E-state index contributed by atoms with van der Waals surface area (Å²) in [4.78, 5) is 11.4. The lowest BCUT2D eigenvalue weighted by molar-refractivity contribution is -0.139. The Morgan fingerprint density at radius 3 is 1.90 bits per heavy atom. The van der Waals surface area contributed by atoms with Gasteiger partial charge in [0.25, 0.3) is 8.05 Å². The van der Waals surface area contributed by atoms with Crippen molar-refractivity contribution in [1.29, 1.82) is 0 Å². The van der Waals surface area contributed by atoms with Crippen molar-refractivity contribution in [3.05, 3.63) is 0 Å². The topological polar surface area (TPSA) is 49.8 Å². The second-order valence-electron chi connectivity index (χ2n) is 2.05. The molecule has 0 unspecified atom stereocenters. The van der Waals surface area contributed by atoms with Crippen molar-refractivity contribution >= 4 is 14.0 Å². The summed E-state index contributed by atoms with van der Waals surface area (Å²) < 4.78 is 3.70. The molecule has 0 rings (SSSR count). The highest BCUT2D eigenvalue weighted by atomic mass is 16.5. The number of hydrogen-bond donors (Lipinski definition) is 1. The Kier molecular flexibility index (Phi) is 10.3. The Labute approximate surface area is 62.2 Å². The molecule has 0 spiro atoms. The second-order valence-corrected chi connectivity index (χ2v) is 2.05. The van der Waals surface area contributed by atoms with Crippen molar-refractivity contribution < 1.29 is 14.6 Å². The molecule has 0 aromatic carbocycles. The van der Waals surface area contributed by atoms with Crippen molar-refractivity contribution in [3.63, 3.8) is 0 Å². The monoisotopic (exact) mass is 145 g/mol. The largest absolute Gasteiger partial charge is 0.480 e. The van der Waals surface area contributed by atoms with Gasteiger partial charge in [0.2, 0.25) is 0 Å². The number of aliphatic carboxylic acids is 1. The molecule has 5 heteroatoms. The van der Waals surface area contributed by atoms with E-state index in [9.17, 15) is 4.79 Å². The highest BCUT2D eigenvalue weighted by Gasteiger charge is 1.87. The standard InChI is InChI=1S/C3H9N.C2H3BO3/c1-4(2)3;3-6-1-2(4)5/h1-3H3;1H2,(H,4,5). The lowest BCUT2D eigenvalue weighted by Gasteiger charge is -1.90. The van der Waals surface area contributed by atoms with Crippen LogP contribution in [0.15, 0.2) is 0 Å². The molecule has 0 amide bonds. The molecular formula is C5H12BNO3. The van der Waals surface area contributed by atoms with Gasteiger partial charge in [-0.05, 0) is 21.1 Å². The van der Waals surface area contributed by atoms with E-state index in [2.05, 4.69) is 12.7 Å². The van der Waals surface area contributed by atoms with Gasteiger partial charge in [-0.15, -0.1) is 0 Å². The molecule has 0 fully saturated rings. The van der Waals surface area contributed by atoms with Crippen molar-refractivity contribution in [3.8, 4) is 0 Å². The average molecular weight is 145 g/mol. The SMILES string of the molecule is CN(C)C.[B]OCC(=O)O. The molecule has 0 aliphatic heterocycles. The molecule has 0 aliphatic rings. The van der Waals surface area contributed by atoms with Gasteiger partial charge in [-0.25, -0.2) is 4.79 Å². The zero-order chi connectivity index (χ0) is 8.57. The number of rotatable bonds is 2. The van der Waals surface area contributed by atoms with E-state index in [0.717, 1.165) is 0 Å². The van der Waals surface area contributed by atoms with E-state index in [1.54, 1.807) is 0 Å². The van der Waals surface area contributed by atoms with Crippen molar-refractivity contribution in [2.45, 2.75) is 0 Å². The van der Waals surface area contributed by atoms with E-state index in [1.165, 1.54) is 0 Å². The van der Waals surface area contributed by atoms with Gasteiger partial charge in [0, 0.05) is 0 Å². The van der Waals surface area contributed by atoms with Gasteiger partial charge in [-0.1, -0.05) is 0 Å². The van der Waals surface area contributed by atoms with E-state index in [0.29, 0.717) is 0 Å². The predicted octanol–water partition coefficient (Wildman–Crippen LogP) is -0.651. The highest BCUT2D eigenvalue weighted by molar-refractivity contribution is 5.98. The van der Waals surface area contributed by atoms with Crippen molar-refractivity contribution in [2.24, 2.45) is 0 Å². The van der Waals surface area contributed by atoms with Crippen LogP contribution >= 0.6 is 0 Å². The first-order valence-electron chi connectivity index (χ1n) is 2.65. The van der Waals surface area contributed by atoms with Crippen LogP contribution in [0, 0.1) is 0 Å². The normalized spacial score (nSPS) is 8.40. The molecule has 10 heavy (non-hydrogen) atoms. The first kappa shape index (κ1) is 12.2. The molecule has 0 aromatic rings. The van der Waals surface area contributed by atoms with Crippen molar-refractivity contribution in [2.75, 3.05) is 27.7 Å². The van der Waals surface area contributed by atoms with Gasteiger partial charge in [0.05, 0.1) is 0 Å². The summed E-state index contributed by atoms with van der Waals surface area (Å²) in [7, 11) is 10.3. The van der Waals surface area contributed by atoms with E-state index in [4.69, 9.17) is 5.11 Å². The molecule has 0 aromatic heterocycles. The molecule has 2 radical (unpaired) electrons. The summed E-state index contributed by atoms with van der Waals surface area (Å²) in [5, 5.41) is 7.71. The van der Waals surface area contributed by atoms with Crippen LogP contribution in [0.5, 0.6) is 0 Å². The number of carbonyl (C=O) groups is 1. The molecule has 0 bridgehead atoms. The third-order valence-electron chi connectivity index (χ3n) is 0.207. The van der Waals surface area contributed by atoms with Crippen LogP contribution in [0.2, 0.25) is 0 Å². The smallest absolute Gasteiger partial charge is 0.327 e. The average Bonchev–Trinajstić information content (AvgIpc) is 1.62. The maximum Gasteiger partial charge on any atom is 0.327 e. The minimum atomic E-state index is -1.06. The highest BCUT2D eigenvalue weighted by Crippen LogP contribution is 1.60. The first-order chi connectivity index (χ1) is 4.50. The van der Waals surface area contributed by atoms with Crippen LogP contribution in [-0.4, -0.2) is 51.8 Å². The number of hydrogen-bond acceptors (Lipinski definition) is 3. The molecule has 0 saturated heterocycles. The van der Waals surface area contributed by atoms with Crippen LogP contribution in [-0.2, 0) is 9.45 Å². The zero-order valence-electron chi connectivity index (χ0n) is 6.50. The van der Waals surface area contributed by atoms with E-state index in [-0.39, 0.29) is 0 Å². The first-order valence-corrected chi connectivity index (χ1v) is 2.65. The maximum atomic E-state index is 9.39. The summed E-state index contributed by atoms with van der Waals surface area (Å²) in [6.07, 6.45) is 0. The third-order valence-corrected chi connectivity index (χ3v) is 0.207. The van der Waals surface area contributed by atoms with E-state index < -0.39 is 12.6 Å². The summed E-state index contributed by atoms with van der Waals surface area (Å²) >= 11 is 0. The van der Waals surface area contributed by atoms with Crippen LogP contribution in [0.4, 0.5) is 0 Å². The lowest BCUT2D eigenvalue weighted by atomic mass is 10.6. The molecule has 4 nitrogen and oxygen atoms in total. The fourth-order valence-electron chi connectivity index (χ4n) is 0.0713. The molecule has 0 atom stereocenters. The van der Waals surface area contributed by atoms with E-state index in [1.807, 2.05) is 26.0 Å². The molecule has 0 aliphatic carbocycles. The third kappa shape index (κ3) is 51.5. The fraction of sp³-hybridized carbons (Fsp3) is 0.800. The maximum absolute atomic E-state index is 9.39. The summed E-state index contributed by atoms with van der Waals surface area (Å²) in [5.41, 5.74) is 0. The van der Waals surface area contributed by atoms with Crippen LogP contribution < -0.4 is 0 Å². The number of carboxylic acids is 1. The van der Waals surface area contributed by atoms with Crippen LogP contribution in [0.1, 0.15) is 0 Å². The summed E-state index contributed by atoms with van der Waals surface area (Å²) in [6.45, 7) is -0.431. The van der Waals surface area contributed by atoms with Crippen molar-refractivity contribution in [1.82, 2.24) is 4.90 Å². The van der Waals surface area contributed by atoms with Crippen LogP contribution in [0.3, 0.4) is 0 Å². The Bertz CT molecular complexity index is 84.2. The van der Waals surface area contributed by atoms with Gasteiger partial charge < -0.3 is 14.7 Å². The zero-order valence-corrected chi connectivity index (χ0v) is 6.50. The van der Waals surface area contributed by atoms with E-state index >= 15 is 0 Å². The Morgan fingerprint density at radius 1 is 1.60 bits per heavy atom. The Hall–Kier alpha value is -0.545. The molecule has 0 heterocycles. The quantitative estimate of drug-likeness (QED) is 0.524. The second kappa shape index (κ2) is 8.45. The molecular weight excluding hydrogens is 133 g/mol. The number of carboxylic acid groups (broad SMARTS) is 1. The number of nitrogens with zero attached hydrogens (tertiary/aromatic N) is 1. The minimum absolute atomic E-state index is 0.431. The minimum Gasteiger partial charge on any atom is -0.480 e. The van der Waals surface area contributed by atoms with Crippen LogP contribution in [0.25, 0.3) is 0 Å².